The molecule has 6 nitrogen and oxygen atoms in total. The average molecular weight is 459 g/mol. The molecule has 3 heterocycles. The van der Waals surface area contributed by atoms with Gasteiger partial charge in [0.2, 0.25) is 5.72 Å². The van der Waals surface area contributed by atoms with Gasteiger partial charge in [0.1, 0.15) is 12.4 Å². The third-order valence-corrected chi connectivity index (χ3v) is 7.24. The van der Waals surface area contributed by atoms with E-state index >= 15 is 0 Å². The van der Waals surface area contributed by atoms with Crippen LogP contribution in [0.4, 0.5) is 4.39 Å². The standard InChI is InChI=1S/C27H27FN4O2/c1-18-5-8-23-20(12-18)14-21-4-3-11-32-26(30-34-27(21,23)32)10-7-19-6-9-24(25(13-19)33-2)31-16-22(15-28)29-17-31/h5-10,12-13,16-17,21H,3-4,11,14-15H2,1-2H3/b10-7+/t21-,27+/m0/s1. The Bertz CT molecular complexity index is 1310. The molecule has 0 amide bonds. The quantitative estimate of drug-likeness (QED) is 0.532. The van der Waals surface area contributed by atoms with Gasteiger partial charge in [-0.15, -0.1) is 0 Å². The number of piperidine rings is 1. The first-order valence-electron chi connectivity index (χ1n) is 11.7. The Hall–Kier alpha value is -3.61. The summed E-state index contributed by atoms with van der Waals surface area (Å²) in [6.45, 7) is 2.47. The molecule has 2 atom stereocenters. The number of ether oxygens (including phenoxy) is 1. The lowest BCUT2D eigenvalue weighted by molar-refractivity contribution is -0.155. The molecule has 2 aliphatic heterocycles. The van der Waals surface area contributed by atoms with E-state index in [9.17, 15) is 4.39 Å². The van der Waals surface area contributed by atoms with Crippen LogP contribution in [0.1, 0.15) is 40.8 Å². The molecule has 0 bridgehead atoms. The van der Waals surface area contributed by atoms with Crippen LogP contribution in [-0.4, -0.2) is 33.9 Å². The SMILES string of the molecule is COc1cc(/C=C/C2=NO[C@@]34c5ccc(C)cc5C[C@@H]3CCCN24)ccc1-n1cnc(CF)c1. The predicted molar refractivity (Wildman–Crippen MR) is 128 cm³/mol. The molecule has 34 heavy (non-hydrogen) atoms. The minimum absolute atomic E-state index is 0.391. The van der Waals surface area contributed by atoms with Gasteiger partial charge in [0.05, 0.1) is 24.8 Å². The van der Waals surface area contributed by atoms with E-state index in [-0.39, 0.29) is 0 Å². The van der Waals surface area contributed by atoms with Crippen LogP contribution < -0.4 is 4.74 Å². The van der Waals surface area contributed by atoms with Gasteiger partial charge in [-0.05, 0) is 55.5 Å². The number of imidazole rings is 1. The second-order valence-electron chi connectivity index (χ2n) is 9.26. The maximum atomic E-state index is 12.9. The van der Waals surface area contributed by atoms with Crippen molar-refractivity contribution in [2.24, 2.45) is 11.1 Å². The van der Waals surface area contributed by atoms with Crippen LogP contribution in [0, 0.1) is 12.8 Å². The molecule has 1 aromatic heterocycles. The van der Waals surface area contributed by atoms with Crippen LogP contribution in [-0.2, 0) is 23.7 Å². The topological polar surface area (TPSA) is 51.9 Å². The van der Waals surface area contributed by atoms with Gasteiger partial charge in [-0.2, -0.15) is 0 Å². The van der Waals surface area contributed by atoms with Crippen molar-refractivity contribution in [1.29, 1.82) is 0 Å². The highest BCUT2D eigenvalue weighted by molar-refractivity contribution is 5.97. The highest BCUT2D eigenvalue weighted by Gasteiger charge is 2.58. The molecule has 6 rings (SSSR count). The van der Waals surface area contributed by atoms with E-state index in [1.807, 2.05) is 30.4 Å². The predicted octanol–water partition coefficient (Wildman–Crippen LogP) is 5.14. The van der Waals surface area contributed by atoms with Gasteiger partial charge in [-0.1, -0.05) is 41.1 Å². The minimum Gasteiger partial charge on any atom is -0.495 e. The largest absolute Gasteiger partial charge is 0.495 e. The summed E-state index contributed by atoms with van der Waals surface area (Å²) in [6.07, 6.45) is 10.6. The molecule has 1 fully saturated rings. The van der Waals surface area contributed by atoms with Crippen LogP contribution in [0.2, 0.25) is 0 Å². The fourth-order valence-corrected chi connectivity index (χ4v) is 5.68. The van der Waals surface area contributed by atoms with Gasteiger partial charge in [-0.25, -0.2) is 9.37 Å². The number of rotatable bonds is 5. The number of hydrogen-bond acceptors (Lipinski definition) is 5. The second-order valence-corrected chi connectivity index (χ2v) is 9.26. The summed E-state index contributed by atoms with van der Waals surface area (Å²) in [5.74, 6) is 1.95. The van der Waals surface area contributed by atoms with Crippen molar-refractivity contribution in [3.63, 3.8) is 0 Å². The molecule has 1 aliphatic carbocycles. The lowest BCUT2D eigenvalue weighted by atomic mass is 9.86. The Kier molecular flexibility index (Phi) is 4.94. The zero-order chi connectivity index (χ0) is 23.3. The zero-order valence-corrected chi connectivity index (χ0v) is 19.4. The van der Waals surface area contributed by atoms with Crippen LogP contribution in [0.3, 0.4) is 0 Å². The van der Waals surface area contributed by atoms with Crippen LogP contribution >= 0.6 is 0 Å². The lowest BCUT2D eigenvalue weighted by Crippen LogP contribution is -2.52. The zero-order valence-electron chi connectivity index (χ0n) is 19.4. The van der Waals surface area contributed by atoms with Crippen LogP contribution in [0.25, 0.3) is 11.8 Å². The van der Waals surface area contributed by atoms with E-state index in [2.05, 4.69) is 40.2 Å². The Balaban J connectivity index is 1.28. The van der Waals surface area contributed by atoms with Gasteiger partial charge in [0, 0.05) is 24.2 Å². The van der Waals surface area contributed by atoms with E-state index in [1.165, 1.54) is 16.7 Å². The summed E-state index contributed by atoms with van der Waals surface area (Å²) < 4.78 is 20.3. The van der Waals surface area contributed by atoms with Gasteiger partial charge >= 0.3 is 0 Å². The number of aromatic nitrogens is 2. The first kappa shape index (κ1) is 21.0. The monoisotopic (exact) mass is 458 g/mol. The van der Waals surface area contributed by atoms with Gasteiger partial charge in [-0.3, -0.25) is 0 Å². The highest BCUT2D eigenvalue weighted by atomic mass is 19.1. The summed E-state index contributed by atoms with van der Waals surface area (Å²) >= 11 is 0. The smallest absolute Gasteiger partial charge is 0.240 e. The lowest BCUT2D eigenvalue weighted by Gasteiger charge is -2.43. The average Bonchev–Trinajstić information content (AvgIpc) is 3.56. The number of alkyl halides is 1. The Morgan fingerprint density at radius 2 is 2.15 bits per heavy atom. The van der Waals surface area contributed by atoms with E-state index < -0.39 is 12.4 Å². The van der Waals surface area contributed by atoms with Gasteiger partial charge in [0.15, 0.2) is 5.84 Å². The Labute approximate surface area is 198 Å². The molecule has 0 N–H and O–H groups in total. The molecule has 7 heteroatoms. The summed E-state index contributed by atoms with van der Waals surface area (Å²) in [6, 6.07) is 12.6. The molecule has 0 radical (unpaired) electrons. The summed E-state index contributed by atoms with van der Waals surface area (Å²) in [4.78, 5) is 12.7. The molecule has 2 aromatic carbocycles. The number of amidine groups is 1. The van der Waals surface area contributed by atoms with E-state index in [1.54, 1.807) is 24.2 Å². The number of benzene rings is 2. The highest BCUT2D eigenvalue weighted by Crippen LogP contribution is 2.53. The molecule has 3 aromatic rings. The molecule has 174 valence electrons. The fraction of sp³-hybridized carbons (Fsp3) is 0.333. The van der Waals surface area contributed by atoms with Crippen molar-refractivity contribution < 1.29 is 14.0 Å². The number of aryl methyl sites for hydroxylation is 1. The summed E-state index contributed by atoms with van der Waals surface area (Å²) in [7, 11) is 1.63. The van der Waals surface area contributed by atoms with Crippen molar-refractivity contribution in [3.05, 3.63) is 82.9 Å². The van der Waals surface area contributed by atoms with Crippen molar-refractivity contribution in [3.8, 4) is 11.4 Å². The Morgan fingerprint density at radius 1 is 1.24 bits per heavy atom. The molecule has 1 saturated heterocycles. The number of methoxy groups -OCH3 is 1. The Morgan fingerprint density at radius 3 is 2.97 bits per heavy atom. The van der Waals surface area contributed by atoms with Crippen LogP contribution in [0.15, 0.2) is 60.2 Å². The molecule has 0 unspecified atom stereocenters. The molecule has 1 spiro atoms. The first-order chi connectivity index (χ1) is 16.6. The number of halogens is 1. The first-order valence-corrected chi connectivity index (χ1v) is 11.7. The van der Waals surface area contributed by atoms with Crippen LogP contribution in [0.5, 0.6) is 5.75 Å². The number of fused-ring (bicyclic) bond motifs is 1. The summed E-state index contributed by atoms with van der Waals surface area (Å²) in [5, 5.41) is 4.55. The molecular formula is C27H27FN4O2. The van der Waals surface area contributed by atoms with Gasteiger partial charge in [0.25, 0.3) is 0 Å². The number of nitrogens with zero attached hydrogens (tertiary/aromatic N) is 4. The number of oxime groups is 1. The summed E-state index contributed by atoms with van der Waals surface area (Å²) in [5.41, 5.74) is 5.63. The van der Waals surface area contributed by atoms with E-state index in [0.717, 1.165) is 42.9 Å². The van der Waals surface area contributed by atoms with E-state index in [4.69, 9.17) is 9.57 Å². The third-order valence-electron chi connectivity index (χ3n) is 7.24. The van der Waals surface area contributed by atoms with Crippen molar-refractivity contribution in [2.75, 3.05) is 13.7 Å². The maximum absolute atomic E-state index is 12.9. The normalized spacial score (nSPS) is 22.9. The number of hydrogen-bond donors (Lipinski definition) is 0. The molecule has 3 aliphatic rings. The third kappa shape index (κ3) is 3.14. The molecule has 0 saturated carbocycles. The maximum Gasteiger partial charge on any atom is 0.240 e. The minimum atomic E-state index is -0.594. The fourth-order valence-electron chi connectivity index (χ4n) is 5.68. The van der Waals surface area contributed by atoms with Crippen molar-refractivity contribution >= 4 is 11.9 Å². The second kappa shape index (κ2) is 8.01. The van der Waals surface area contributed by atoms with E-state index in [0.29, 0.717) is 17.4 Å². The van der Waals surface area contributed by atoms with Crippen molar-refractivity contribution in [1.82, 2.24) is 14.5 Å². The van der Waals surface area contributed by atoms with Gasteiger partial charge < -0.3 is 19.0 Å². The molecular weight excluding hydrogens is 431 g/mol. The van der Waals surface area contributed by atoms with Crippen molar-refractivity contribution in [2.45, 2.75) is 38.6 Å².